The van der Waals surface area contributed by atoms with Crippen LogP contribution in [-0.2, 0) is 22.0 Å². The van der Waals surface area contributed by atoms with Gasteiger partial charge in [-0.05, 0) is 11.6 Å². The van der Waals surface area contributed by atoms with Crippen molar-refractivity contribution in [2.45, 2.75) is 18.4 Å². The average Bonchev–Trinajstić information content (AvgIpc) is 2.37. The number of halogens is 2. The van der Waals surface area contributed by atoms with Gasteiger partial charge in [-0.3, -0.25) is 9.17 Å². The van der Waals surface area contributed by atoms with Gasteiger partial charge in [0.15, 0.2) is 6.10 Å². The Labute approximate surface area is 86.8 Å². The summed E-state index contributed by atoms with van der Waals surface area (Å²) in [6, 6.07) is 3.00. The number of hydrogen-bond acceptors (Lipinski definition) is 4. The molecule has 15 heavy (non-hydrogen) atoms. The molecular formula is C8H6F2NO3S-. The summed E-state index contributed by atoms with van der Waals surface area (Å²) in [5, 5.41) is 0. The Kier molecular flexibility index (Phi) is 2.53. The second-order valence-corrected chi connectivity index (χ2v) is 3.77. The van der Waals surface area contributed by atoms with Crippen LogP contribution in [0.4, 0.5) is 8.78 Å². The standard InChI is InChI=1S/C8H7F2NO3S/c9-8(10)4-5-2-1-3-11-6(5)7(8)14-15(12)13/h1-3,7H,4H2,(H,12,13)/p-1. The number of fused-ring (bicyclic) bond motifs is 1. The molecule has 0 spiro atoms. The van der Waals surface area contributed by atoms with Crippen molar-refractivity contribution in [1.82, 2.24) is 4.98 Å². The van der Waals surface area contributed by atoms with Gasteiger partial charge in [-0.2, -0.15) is 0 Å². The monoisotopic (exact) mass is 234 g/mol. The van der Waals surface area contributed by atoms with Crippen molar-refractivity contribution in [1.29, 1.82) is 0 Å². The molecule has 0 aliphatic heterocycles. The fourth-order valence-electron chi connectivity index (χ4n) is 1.58. The molecule has 4 nitrogen and oxygen atoms in total. The molecule has 1 aliphatic carbocycles. The van der Waals surface area contributed by atoms with Crippen LogP contribution in [0.15, 0.2) is 18.3 Å². The minimum atomic E-state index is -3.23. The van der Waals surface area contributed by atoms with Crippen molar-refractivity contribution in [2.75, 3.05) is 0 Å². The molecule has 2 unspecified atom stereocenters. The number of aromatic nitrogens is 1. The summed E-state index contributed by atoms with van der Waals surface area (Å²) in [6.07, 6.45) is -1.02. The summed E-state index contributed by atoms with van der Waals surface area (Å²) in [4.78, 5) is 3.71. The normalized spacial score (nSPS) is 24.9. The first-order valence-corrected chi connectivity index (χ1v) is 5.09. The predicted octanol–water partition coefficient (Wildman–Crippen LogP) is 1.12. The van der Waals surface area contributed by atoms with Gasteiger partial charge in [0.05, 0.1) is 17.1 Å². The molecule has 2 atom stereocenters. The molecule has 82 valence electrons. The second kappa shape index (κ2) is 3.58. The van der Waals surface area contributed by atoms with Crippen LogP contribution < -0.4 is 0 Å². The van der Waals surface area contributed by atoms with E-state index in [0.717, 1.165) is 0 Å². The van der Waals surface area contributed by atoms with E-state index in [2.05, 4.69) is 9.17 Å². The van der Waals surface area contributed by atoms with Crippen molar-refractivity contribution in [3.8, 4) is 0 Å². The number of pyridine rings is 1. The fraction of sp³-hybridized carbons (Fsp3) is 0.375. The Morgan fingerprint density at radius 3 is 3.07 bits per heavy atom. The van der Waals surface area contributed by atoms with Crippen LogP contribution in [0, 0.1) is 0 Å². The lowest BCUT2D eigenvalue weighted by Crippen LogP contribution is -2.25. The first-order chi connectivity index (χ1) is 7.00. The van der Waals surface area contributed by atoms with E-state index in [1.165, 1.54) is 18.3 Å². The van der Waals surface area contributed by atoms with Crippen molar-refractivity contribution in [3.63, 3.8) is 0 Å². The van der Waals surface area contributed by atoms with Gasteiger partial charge in [0, 0.05) is 12.6 Å². The molecule has 1 aromatic rings. The van der Waals surface area contributed by atoms with Crippen LogP contribution in [0.3, 0.4) is 0 Å². The van der Waals surface area contributed by atoms with E-state index in [9.17, 15) is 17.5 Å². The van der Waals surface area contributed by atoms with E-state index in [1.54, 1.807) is 0 Å². The van der Waals surface area contributed by atoms with Crippen LogP contribution >= 0.6 is 0 Å². The molecular weight excluding hydrogens is 228 g/mol. The first-order valence-electron chi connectivity index (χ1n) is 4.09. The highest BCUT2D eigenvalue weighted by molar-refractivity contribution is 7.74. The predicted molar refractivity (Wildman–Crippen MR) is 45.6 cm³/mol. The Bertz CT molecular complexity index is 413. The van der Waals surface area contributed by atoms with Crippen LogP contribution in [-0.4, -0.2) is 19.7 Å². The van der Waals surface area contributed by atoms with Crippen LogP contribution in [0.25, 0.3) is 0 Å². The van der Waals surface area contributed by atoms with Crippen molar-refractivity contribution < 1.29 is 21.7 Å². The average molecular weight is 234 g/mol. The highest BCUT2D eigenvalue weighted by Crippen LogP contribution is 2.44. The zero-order chi connectivity index (χ0) is 11.1. The molecule has 2 rings (SSSR count). The second-order valence-electron chi connectivity index (χ2n) is 3.17. The van der Waals surface area contributed by atoms with E-state index in [1.807, 2.05) is 0 Å². The molecule has 1 aliphatic rings. The number of nitrogens with zero attached hydrogens (tertiary/aromatic N) is 1. The first kappa shape index (κ1) is 10.6. The summed E-state index contributed by atoms with van der Waals surface area (Å²) >= 11 is -2.98. The third-order valence-corrected chi connectivity index (χ3v) is 2.51. The third-order valence-electron chi connectivity index (χ3n) is 2.16. The lowest BCUT2D eigenvalue weighted by molar-refractivity contribution is -0.0843. The number of hydrogen-bond donors (Lipinski definition) is 0. The molecule has 0 N–H and O–H groups in total. The van der Waals surface area contributed by atoms with Crippen molar-refractivity contribution in [2.24, 2.45) is 0 Å². The minimum Gasteiger partial charge on any atom is -0.750 e. The highest BCUT2D eigenvalue weighted by Gasteiger charge is 2.50. The van der Waals surface area contributed by atoms with Crippen molar-refractivity contribution >= 4 is 11.4 Å². The minimum absolute atomic E-state index is 0.00769. The Hall–Kier alpha value is -0.920. The van der Waals surface area contributed by atoms with Gasteiger partial charge in [0.2, 0.25) is 0 Å². The third kappa shape index (κ3) is 1.90. The van der Waals surface area contributed by atoms with E-state index >= 15 is 0 Å². The van der Waals surface area contributed by atoms with Gasteiger partial charge >= 0.3 is 0 Å². The number of alkyl halides is 2. The molecule has 0 saturated carbocycles. The lowest BCUT2D eigenvalue weighted by Gasteiger charge is -2.19. The summed E-state index contributed by atoms with van der Waals surface area (Å²) in [5.74, 6) is -3.23. The maximum absolute atomic E-state index is 13.3. The fourth-order valence-corrected chi connectivity index (χ4v) is 1.97. The molecule has 0 amide bonds. The van der Waals surface area contributed by atoms with E-state index in [-0.39, 0.29) is 5.69 Å². The molecule has 7 heteroatoms. The van der Waals surface area contributed by atoms with Gasteiger partial charge < -0.3 is 4.55 Å². The Morgan fingerprint density at radius 1 is 1.67 bits per heavy atom. The Morgan fingerprint density at radius 2 is 2.40 bits per heavy atom. The molecule has 0 bridgehead atoms. The van der Waals surface area contributed by atoms with E-state index < -0.39 is 29.8 Å². The van der Waals surface area contributed by atoms with Crippen LogP contribution in [0.1, 0.15) is 17.4 Å². The summed E-state index contributed by atoms with van der Waals surface area (Å²) in [7, 11) is 0. The highest BCUT2D eigenvalue weighted by atomic mass is 32.2. The quantitative estimate of drug-likeness (QED) is 0.719. The summed E-state index contributed by atoms with van der Waals surface area (Å²) < 4.78 is 51.3. The smallest absolute Gasteiger partial charge is 0.284 e. The molecule has 1 heterocycles. The Balaban J connectivity index is 2.38. The topological polar surface area (TPSA) is 62.2 Å². The molecule has 0 radical (unpaired) electrons. The van der Waals surface area contributed by atoms with Gasteiger partial charge in [-0.1, -0.05) is 6.07 Å². The molecule has 0 fully saturated rings. The molecule has 0 aromatic carbocycles. The molecule has 0 saturated heterocycles. The van der Waals surface area contributed by atoms with Crippen LogP contribution in [0.2, 0.25) is 0 Å². The van der Waals surface area contributed by atoms with E-state index in [4.69, 9.17) is 0 Å². The number of rotatable bonds is 2. The SMILES string of the molecule is O=S([O-])OC1c2ncccc2CC1(F)F. The summed E-state index contributed by atoms with van der Waals surface area (Å²) in [6.45, 7) is 0. The van der Waals surface area contributed by atoms with Gasteiger partial charge in [-0.25, -0.2) is 13.0 Å². The lowest BCUT2D eigenvalue weighted by atomic mass is 10.2. The summed E-state index contributed by atoms with van der Waals surface area (Å²) in [5.41, 5.74) is 0.310. The molecule has 1 aromatic heterocycles. The van der Waals surface area contributed by atoms with Crippen molar-refractivity contribution in [3.05, 3.63) is 29.6 Å². The van der Waals surface area contributed by atoms with E-state index in [0.29, 0.717) is 5.56 Å². The van der Waals surface area contributed by atoms with Gasteiger partial charge in [0.25, 0.3) is 5.92 Å². The maximum Gasteiger partial charge on any atom is 0.284 e. The van der Waals surface area contributed by atoms with Gasteiger partial charge in [-0.15, -0.1) is 0 Å². The maximum atomic E-state index is 13.3. The van der Waals surface area contributed by atoms with Gasteiger partial charge in [0.1, 0.15) is 0 Å². The largest absolute Gasteiger partial charge is 0.750 e. The van der Waals surface area contributed by atoms with Crippen LogP contribution in [0.5, 0.6) is 0 Å². The zero-order valence-electron chi connectivity index (χ0n) is 7.35. The zero-order valence-corrected chi connectivity index (χ0v) is 8.17.